The predicted molar refractivity (Wildman–Crippen MR) is 436 cm³/mol. The van der Waals surface area contributed by atoms with Crippen LogP contribution in [0.1, 0.15) is 322 Å². The van der Waals surface area contributed by atoms with Gasteiger partial charge in [0.15, 0.2) is 6.10 Å². The number of unbranched alkanes of at least 4 members (excludes halogenated alkanes) is 29. The Kier molecular flexibility index (Phi) is 74.4. The van der Waals surface area contributed by atoms with Crippen molar-refractivity contribution in [2.75, 3.05) is 47.5 Å². The zero-order valence-electron chi connectivity index (χ0n) is 64.9. The van der Waals surface area contributed by atoms with E-state index in [1.807, 2.05) is 21.1 Å². The Balaban J connectivity index is 4.02. The molecule has 2 unspecified atom stereocenters. The summed E-state index contributed by atoms with van der Waals surface area (Å²) in [6, 6.07) is 0. The monoisotopic (exact) mass is 1410 g/mol. The van der Waals surface area contributed by atoms with Crippen LogP contribution in [0.15, 0.2) is 182 Å². The number of phosphoric acid groups is 1. The molecule has 0 spiro atoms. The molecule has 0 aromatic rings. The number of hydrogen-bond donors (Lipinski definition) is 1. The molecule has 0 aliphatic carbocycles. The molecule has 0 aromatic carbocycles. The summed E-state index contributed by atoms with van der Waals surface area (Å²) < 4.78 is 34.8. The van der Waals surface area contributed by atoms with Crippen LogP contribution in [0.4, 0.5) is 0 Å². The van der Waals surface area contributed by atoms with E-state index in [1.54, 1.807) is 0 Å². The Morgan fingerprint density at radius 2 is 0.540 bits per heavy atom. The van der Waals surface area contributed by atoms with Crippen molar-refractivity contribution in [3.05, 3.63) is 182 Å². The maximum Gasteiger partial charge on any atom is 0.472 e. The highest BCUT2D eigenvalue weighted by atomic mass is 31.2. The maximum atomic E-state index is 12.9. The molecule has 9 nitrogen and oxygen atoms in total. The lowest BCUT2D eigenvalue weighted by atomic mass is 10.0. The first kappa shape index (κ1) is 95.1. The molecule has 2 atom stereocenters. The van der Waals surface area contributed by atoms with Crippen LogP contribution in [0.3, 0.4) is 0 Å². The summed E-state index contributed by atoms with van der Waals surface area (Å²) in [5, 5.41) is 0. The van der Waals surface area contributed by atoms with Crippen molar-refractivity contribution in [1.29, 1.82) is 0 Å². The zero-order chi connectivity index (χ0) is 72.5. The minimum Gasteiger partial charge on any atom is -0.462 e. The van der Waals surface area contributed by atoms with Crippen LogP contribution in [0, 0.1) is 0 Å². The Hall–Kier alpha value is -4.89. The number of phosphoric ester groups is 1. The van der Waals surface area contributed by atoms with Crippen molar-refractivity contribution in [2.45, 2.75) is 328 Å². The smallest absolute Gasteiger partial charge is 0.462 e. The van der Waals surface area contributed by atoms with Gasteiger partial charge in [-0.2, -0.15) is 0 Å². The van der Waals surface area contributed by atoms with Crippen LogP contribution in [0.25, 0.3) is 0 Å². The average molecular weight is 1410 g/mol. The van der Waals surface area contributed by atoms with E-state index in [0.717, 1.165) is 135 Å². The lowest BCUT2D eigenvalue weighted by molar-refractivity contribution is -0.870. The zero-order valence-corrected chi connectivity index (χ0v) is 65.8. The Labute approximate surface area is 616 Å². The van der Waals surface area contributed by atoms with Crippen LogP contribution >= 0.6 is 7.82 Å². The number of carbonyl (C=O) groups is 2. The summed E-state index contributed by atoms with van der Waals surface area (Å²) in [6.07, 6.45) is 120. The van der Waals surface area contributed by atoms with Crippen molar-refractivity contribution in [3.63, 3.8) is 0 Å². The van der Waals surface area contributed by atoms with E-state index in [9.17, 15) is 19.0 Å². The number of likely N-dealkylation sites (N-methyl/N-ethyl adjacent to an activating group) is 1. The number of hydrogen-bond acceptors (Lipinski definition) is 7. The molecule has 0 bridgehead atoms. The van der Waals surface area contributed by atoms with Crippen molar-refractivity contribution in [3.8, 4) is 0 Å². The fourth-order valence-corrected chi connectivity index (χ4v) is 11.6. The molecule has 0 fully saturated rings. The van der Waals surface area contributed by atoms with Crippen molar-refractivity contribution < 1.29 is 42.1 Å². The second kappa shape index (κ2) is 78.3. The Morgan fingerprint density at radius 3 is 0.800 bits per heavy atom. The van der Waals surface area contributed by atoms with Gasteiger partial charge in [0, 0.05) is 12.8 Å². The molecule has 10 heteroatoms. The topological polar surface area (TPSA) is 108 Å². The van der Waals surface area contributed by atoms with Crippen molar-refractivity contribution >= 4 is 19.8 Å². The molecule has 100 heavy (non-hydrogen) atoms. The van der Waals surface area contributed by atoms with E-state index in [2.05, 4.69) is 196 Å². The van der Waals surface area contributed by atoms with Gasteiger partial charge in [-0.3, -0.25) is 18.6 Å². The molecular weight excluding hydrogens is 1250 g/mol. The standard InChI is InChI=1S/C90H150NO8P/c1-6-8-10-12-14-16-18-20-22-24-26-28-30-32-34-36-38-40-42-43-44-45-46-47-49-51-53-55-57-59-61-63-65-67-69-71-73-75-77-79-81-83-90(93)99-88(87-98-100(94,95)97-85-84-91(3,4)5)86-96-89(92)82-80-78-76-74-72-70-68-66-64-62-60-58-56-54-52-50-48-41-39-37-35-33-31-29-27-25-23-21-19-17-15-13-11-9-7-2/h8-11,14-17,20-23,26-29,32-35,38-41,43-44,46-47,51,53,88H,6-7,12-13,18-19,24-25,30-31,36-37,42,45,48-50,52,54-87H2,1-5H3/p+1/b10-8-,11-9-,16-14-,17-15-,22-20-,23-21-,28-26-,29-27-,34-32-,35-33-,40-38-,41-39-,44-43-,47-46-,53-51-. The van der Waals surface area contributed by atoms with Gasteiger partial charge in [0.2, 0.25) is 0 Å². The van der Waals surface area contributed by atoms with Gasteiger partial charge in [0.05, 0.1) is 27.7 Å². The highest BCUT2D eigenvalue weighted by Gasteiger charge is 2.27. The number of nitrogens with zero attached hydrogens (tertiary/aromatic N) is 1. The predicted octanol–water partition coefficient (Wildman–Crippen LogP) is 27.4. The van der Waals surface area contributed by atoms with Gasteiger partial charge in [-0.15, -0.1) is 0 Å². The summed E-state index contributed by atoms with van der Waals surface area (Å²) in [6.45, 7) is 4.22. The first-order valence-electron chi connectivity index (χ1n) is 40.5. The van der Waals surface area contributed by atoms with Gasteiger partial charge in [0.25, 0.3) is 0 Å². The third kappa shape index (κ3) is 82.1. The molecule has 0 radical (unpaired) electrons. The van der Waals surface area contributed by atoms with Crippen LogP contribution in [-0.2, 0) is 32.7 Å². The molecule has 0 saturated carbocycles. The third-order valence-electron chi connectivity index (χ3n) is 16.9. The normalized spacial score (nSPS) is 14.0. The molecule has 1 N–H and O–H groups in total. The number of ether oxygens (including phenoxy) is 2. The fraction of sp³-hybridized carbons (Fsp3) is 0.644. The highest BCUT2D eigenvalue weighted by Crippen LogP contribution is 2.43. The summed E-state index contributed by atoms with van der Waals surface area (Å²) in [4.78, 5) is 36.0. The van der Waals surface area contributed by atoms with Crippen LogP contribution in [0.2, 0.25) is 0 Å². The van der Waals surface area contributed by atoms with E-state index in [4.69, 9.17) is 18.5 Å². The van der Waals surface area contributed by atoms with E-state index in [0.29, 0.717) is 17.4 Å². The molecule has 0 amide bonds. The van der Waals surface area contributed by atoms with Gasteiger partial charge in [0.1, 0.15) is 19.8 Å². The number of carbonyl (C=O) groups excluding carboxylic acids is 2. The molecule has 0 aromatic heterocycles. The van der Waals surface area contributed by atoms with Crippen LogP contribution in [-0.4, -0.2) is 74.9 Å². The summed E-state index contributed by atoms with van der Waals surface area (Å²) >= 11 is 0. The average Bonchev–Trinajstić information content (AvgIpc) is 1.30. The van der Waals surface area contributed by atoms with Crippen LogP contribution < -0.4 is 0 Å². The molecule has 0 rings (SSSR count). The lowest BCUT2D eigenvalue weighted by Gasteiger charge is -2.24. The third-order valence-corrected chi connectivity index (χ3v) is 17.9. The van der Waals surface area contributed by atoms with E-state index in [1.165, 1.54) is 154 Å². The first-order valence-corrected chi connectivity index (χ1v) is 42.0. The Morgan fingerprint density at radius 1 is 0.310 bits per heavy atom. The molecular formula is C90H151NO8P+. The second-order valence-corrected chi connectivity index (χ2v) is 29.1. The largest absolute Gasteiger partial charge is 0.472 e. The van der Waals surface area contributed by atoms with Gasteiger partial charge < -0.3 is 18.9 Å². The molecule has 0 aliphatic heterocycles. The lowest BCUT2D eigenvalue weighted by Crippen LogP contribution is -2.37. The number of allylic oxidation sites excluding steroid dienone is 30. The maximum absolute atomic E-state index is 12.9. The van der Waals surface area contributed by atoms with E-state index < -0.39 is 26.5 Å². The number of rotatable bonds is 73. The molecule has 568 valence electrons. The van der Waals surface area contributed by atoms with Crippen molar-refractivity contribution in [1.82, 2.24) is 0 Å². The second-order valence-electron chi connectivity index (χ2n) is 27.7. The Bertz CT molecular complexity index is 2350. The molecule has 0 saturated heterocycles. The summed E-state index contributed by atoms with van der Waals surface area (Å²) in [7, 11) is 1.47. The van der Waals surface area contributed by atoms with Crippen LogP contribution in [0.5, 0.6) is 0 Å². The van der Waals surface area contributed by atoms with E-state index in [-0.39, 0.29) is 32.0 Å². The number of esters is 2. The van der Waals surface area contributed by atoms with Gasteiger partial charge >= 0.3 is 19.8 Å². The summed E-state index contributed by atoms with van der Waals surface area (Å²) in [5.41, 5.74) is 0. The first-order chi connectivity index (χ1) is 49.0. The van der Waals surface area contributed by atoms with Crippen molar-refractivity contribution in [2.24, 2.45) is 0 Å². The fourth-order valence-electron chi connectivity index (χ4n) is 10.8. The minimum atomic E-state index is -4.41. The summed E-state index contributed by atoms with van der Waals surface area (Å²) in [5.74, 6) is -0.798. The molecule has 0 aliphatic rings. The van der Waals surface area contributed by atoms with E-state index >= 15 is 0 Å². The van der Waals surface area contributed by atoms with Gasteiger partial charge in [-0.1, -0.05) is 357 Å². The SMILES string of the molecule is CC/C=C\C/C=C\C/C=C\C/C=C\C/C=C\C/C=C\C/C=C\C/C=C\C/C=C\CCCCCCCCCCCCCCCC(=O)OC(COC(=O)CCCCCCCCCCCCCCCCCC/C=C\C/C=C\C/C=C\C/C=C\C/C=C\C/C=C\CC)COP(=O)(O)OCC[N+](C)(C)C. The molecule has 0 heterocycles. The van der Waals surface area contributed by atoms with Gasteiger partial charge in [-0.25, -0.2) is 4.57 Å². The van der Waals surface area contributed by atoms with Gasteiger partial charge in [-0.05, 0) is 135 Å². The highest BCUT2D eigenvalue weighted by molar-refractivity contribution is 7.47. The minimum absolute atomic E-state index is 0.0252. The number of quaternary nitrogens is 1. The quantitative estimate of drug-likeness (QED) is 0.0211.